The fourth-order valence-electron chi connectivity index (χ4n) is 4.05. The molecule has 0 fully saturated rings. The van der Waals surface area contributed by atoms with Crippen molar-refractivity contribution >= 4 is 34.5 Å². The van der Waals surface area contributed by atoms with Crippen molar-refractivity contribution in [3.8, 4) is 17.1 Å². The number of fused-ring (bicyclic) bond motifs is 1. The predicted molar refractivity (Wildman–Crippen MR) is 138 cm³/mol. The van der Waals surface area contributed by atoms with Gasteiger partial charge in [0.15, 0.2) is 0 Å². The van der Waals surface area contributed by atoms with Gasteiger partial charge in [-0.1, -0.05) is 29.8 Å². The van der Waals surface area contributed by atoms with Crippen LogP contribution in [0.1, 0.15) is 11.1 Å². The number of hydrogen-bond acceptors (Lipinski definition) is 5. The molecule has 8 nitrogen and oxygen atoms in total. The van der Waals surface area contributed by atoms with Gasteiger partial charge in [0, 0.05) is 41.4 Å². The van der Waals surface area contributed by atoms with Gasteiger partial charge in [-0.25, -0.2) is 9.97 Å². The van der Waals surface area contributed by atoms with Crippen LogP contribution in [0.3, 0.4) is 0 Å². The van der Waals surface area contributed by atoms with Crippen molar-refractivity contribution in [1.29, 1.82) is 0 Å². The van der Waals surface area contributed by atoms with Crippen molar-refractivity contribution in [3.05, 3.63) is 93.9 Å². The van der Waals surface area contributed by atoms with Gasteiger partial charge in [0.1, 0.15) is 11.4 Å². The first-order valence-corrected chi connectivity index (χ1v) is 11.5. The van der Waals surface area contributed by atoms with Gasteiger partial charge in [0.05, 0.1) is 29.7 Å². The Labute approximate surface area is 206 Å². The van der Waals surface area contributed by atoms with E-state index in [-0.39, 0.29) is 18.1 Å². The number of nitrogens with one attached hydrogen (secondary N) is 2. The first kappa shape index (κ1) is 22.8. The average molecular weight is 487 g/mol. The number of hydrogen-bond donors (Lipinski definition) is 3. The van der Waals surface area contributed by atoms with Gasteiger partial charge in [0.25, 0.3) is 5.56 Å². The van der Waals surface area contributed by atoms with Crippen LogP contribution in [0, 0.1) is 12.8 Å². The van der Waals surface area contributed by atoms with E-state index in [9.17, 15) is 9.90 Å². The molecular weight excluding hydrogens is 464 g/mol. The van der Waals surface area contributed by atoms with E-state index in [1.807, 2.05) is 54.1 Å². The molecule has 3 heterocycles. The number of aliphatic imine (C=N–C) groups is 1. The Bertz CT molecular complexity index is 1570. The fourth-order valence-corrected chi connectivity index (χ4v) is 4.26. The van der Waals surface area contributed by atoms with Crippen molar-refractivity contribution in [1.82, 2.24) is 24.5 Å². The van der Waals surface area contributed by atoms with Gasteiger partial charge >= 0.3 is 0 Å². The molecule has 176 valence electrons. The van der Waals surface area contributed by atoms with E-state index < -0.39 is 0 Å². The van der Waals surface area contributed by atoms with Gasteiger partial charge in [-0.15, -0.1) is 0 Å². The number of rotatable bonds is 7. The third kappa shape index (κ3) is 4.66. The summed E-state index contributed by atoms with van der Waals surface area (Å²) in [5, 5.41) is 10.5. The van der Waals surface area contributed by atoms with E-state index in [1.54, 1.807) is 31.0 Å². The Morgan fingerprint density at radius 1 is 1.26 bits per heavy atom. The maximum absolute atomic E-state index is 12.8. The monoisotopic (exact) mass is 486 g/mol. The van der Waals surface area contributed by atoms with Crippen LogP contribution >= 0.6 is 11.6 Å². The molecule has 0 aliphatic carbocycles. The highest BCUT2D eigenvalue weighted by Gasteiger charge is 2.16. The quantitative estimate of drug-likeness (QED) is 0.291. The van der Waals surface area contributed by atoms with E-state index in [0.29, 0.717) is 28.5 Å². The highest BCUT2D eigenvalue weighted by atomic mass is 35.5. The summed E-state index contributed by atoms with van der Waals surface area (Å²) < 4.78 is 1.91. The second-order valence-electron chi connectivity index (χ2n) is 8.30. The molecular formula is C26H23ClN6O2. The van der Waals surface area contributed by atoms with E-state index >= 15 is 0 Å². The van der Waals surface area contributed by atoms with E-state index in [4.69, 9.17) is 16.6 Å². The summed E-state index contributed by atoms with van der Waals surface area (Å²) in [4.78, 5) is 32.2. The first-order valence-electron chi connectivity index (χ1n) is 11.1. The lowest BCUT2D eigenvalue weighted by Crippen LogP contribution is -2.12. The first-order chi connectivity index (χ1) is 17.0. The number of halogens is 1. The van der Waals surface area contributed by atoms with E-state index in [2.05, 4.69) is 19.9 Å². The SMILES string of the molecule is Cc1cc(-n2ccnc2)cc2[nH]c(-c3c(N=CC(CO)Cc4ccccc4Cl)cc[nH]c3=O)nc12. The van der Waals surface area contributed by atoms with Crippen molar-refractivity contribution in [2.24, 2.45) is 10.9 Å². The van der Waals surface area contributed by atoms with Crippen LogP contribution in [0.25, 0.3) is 28.1 Å². The number of aliphatic hydroxyl groups is 1. The number of benzene rings is 2. The van der Waals surface area contributed by atoms with Crippen LogP contribution in [0.4, 0.5) is 5.69 Å². The molecule has 0 spiro atoms. The van der Waals surface area contributed by atoms with Gasteiger partial charge in [-0.3, -0.25) is 9.79 Å². The maximum atomic E-state index is 12.8. The second kappa shape index (κ2) is 9.69. The van der Waals surface area contributed by atoms with Crippen molar-refractivity contribution in [2.45, 2.75) is 13.3 Å². The van der Waals surface area contributed by atoms with Crippen molar-refractivity contribution in [3.63, 3.8) is 0 Å². The highest BCUT2D eigenvalue weighted by molar-refractivity contribution is 6.31. The maximum Gasteiger partial charge on any atom is 0.261 e. The molecule has 0 bridgehead atoms. The normalized spacial score (nSPS) is 12.5. The van der Waals surface area contributed by atoms with Crippen LogP contribution in [0.5, 0.6) is 0 Å². The summed E-state index contributed by atoms with van der Waals surface area (Å²) in [7, 11) is 0. The van der Waals surface area contributed by atoms with Crippen molar-refractivity contribution < 1.29 is 5.11 Å². The standard InChI is InChI=1S/C26H23ClN6O2/c1-16-10-19(33-9-8-28-15-33)12-22-24(16)32-25(31-22)23-21(6-7-29-26(23)35)30-13-17(14-34)11-18-4-2-3-5-20(18)27/h2-10,12-13,15,17,34H,11,14H2,1H3,(H,29,35)(H,31,32). The molecule has 3 N–H and O–H groups in total. The Balaban J connectivity index is 1.51. The Kier molecular flexibility index (Phi) is 6.31. The molecule has 2 aromatic carbocycles. The van der Waals surface area contributed by atoms with E-state index in [0.717, 1.165) is 27.8 Å². The number of H-pyrrole nitrogens is 2. The highest BCUT2D eigenvalue weighted by Crippen LogP contribution is 2.29. The van der Waals surface area contributed by atoms with Crippen LogP contribution in [0.2, 0.25) is 5.02 Å². The minimum absolute atomic E-state index is 0.103. The van der Waals surface area contributed by atoms with Crippen molar-refractivity contribution in [2.75, 3.05) is 6.61 Å². The zero-order valence-electron chi connectivity index (χ0n) is 18.9. The predicted octanol–water partition coefficient (Wildman–Crippen LogP) is 4.62. The lowest BCUT2D eigenvalue weighted by atomic mass is 10.0. The molecule has 1 atom stereocenters. The Morgan fingerprint density at radius 3 is 2.89 bits per heavy atom. The molecule has 5 aromatic rings. The fraction of sp³-hybridized carbons (Fsp3) is 0.154. The van der Waals surface area contributed by atoms with E-state index in [1.165, 1.54) is 0 Å². The second-order valence-corrected chi connectivity index (χ2v) is 8.70. The number of pyridine rings is 1. The number of imidazole rings is 2. The summed E-state index contributed by atoms with van der Waals surface area (Å²) in [6.07, 6.45) is 9.05. The van der Waals surface area contributed by atoms with Crippen LogP contribution in [0.15, 0.2) is 77.2 Å². The molecule has 0 amide bonds. The lowest BCUT2D eigenvalue weighted by Gasteiger charge is -2.10. The molecule has 0 radical (unpaired) electrons. The summed E-state index contributed by atoms with van der Waals surface area (Å²) in [6.45, 7) is 1.87. The number of aliphatic hydroxyl groups excluding tert-OH is 1. The Morgan fingerprint density at radius 2 is 2.11 bits per heavy atom. The minimum atomic E-state index is -0.308. The topological polar surface area (TPSA) is 112 Å². The summed E-state index contributed by atoms with van der Waals surface area (Å²) in [6, 6.07) is 13.2. The zero-order valence-corrected chi connectivity index (χ0v) is 19.7. The molecule has 0 saturated carbocycles. The molecule has 3 aromatic heterocycles. The molecule has 35 heavy (non-hydrogen) atoms. The number of aromatic nitrogens is 5. The third-order valence-corrected chi connectivity index (χ3v) is 6.21. The molecule has 0 aliphatic heterocycles. The molecule has 1 unspecified atom stereocenters. The number of aromatic amines is 2. The number of aryl methyl sites for hydroxylation is 1. The lowest BCUT2D eigenvalue weighted by molar-refractivity contribution is 0.263. The van der Waals surface area contributed by atoms with Crippen LogP contribution < -0.4 is 5.56 Å². The zero-order chi connectivity index (χ0) is 24.4. The molecule has 0 saturated heterocycles. The Hall–Kier alpha value is -4.01. The summed E-state index contributed by atoms with van der Waals surface area (Å²) in [5.41, 5.74) is 4.88. The minimum Gasteiger partial charge on any atom is -0.396 e. The number of nitrogens with zero attached hydrogens (tertiary/aromatic N) is 4. The smallest absolute Gasteiger partial charge is 0.261 e. The van der Waals surface area contributed by atoms with Gasteiger partial charge in [-0.2, -0.15) is 0 Å². The largest absolute Gasteiger partial charge is 0.396 e. The summed E-state index contributed by atoms with van der Waals surface area (Å²) in [5.74, 6) is 0.157. The molecule has 0 aliphatic rings. The molecule has 9 heteroatoms. The van der Waals surface area contributed by atoms with Gasteiger partial charge in [-0.05, 0) is 48.7 Å². The van der Waals surface area contributed by atoms with Crippen LogP contribution in [-0.2, 0) is 6.42 Å². The summed E-state index contributed by atoms with van der Waals surface area (Å²) >= 11 is 6.27. The molecule has 5 rings (SSSR count). The third-order valence-electron chi connectivity index (χ3n) is 5.84. The van der Waals surface area contributed by atoms with Gasteiger partial charge in [0.2, 0.25) is 0 Å². The van der Waals surface area contributed by atoms with Crippen LogP contribution in [-0.4, -0.2) is 42.4 Å². The van der Waals surface area contributed by atoms with Gasteiger partial charge < -0.3 is 19.6 Å². The average Bonchev–Trinajstić information content (AvgIpc) is 3.53.